The molecule has 114 valence electrons. The highest BCUT2D eigenvalue weighted by Crippen LogP contribution is 2.33. The van der Waals surface area contributed by atoms with Crippen LogP contribution in [0.25, 0.3) is 10.2 Å². The largest absolute Gasteiger partial charge is 0.353 e. The van der Waals surface area contributed by atoms with Crippen molar-refractivity contribution < 1.29 is 0 Å². The molecule has 7 heteroatoms. The molecule has 3 N–H and O–H groups in total. The van der Waals surface area contributed by atoms with Gasteiger partial charge in [-0.2, -0.15) is 4.98 Å². The molecule has 0 aromatic carbocycles. The fraction of sp³-hybridized carbons (Fsp3) is 0.571. The molecule has 0 radical (unpaired) electrons. The van der Waals surface area contributed by atoms with Crippen LogP contribution < -0.4 is 16.2 Å². The zero-order valence-electron chi connectivity index (χ0n) is 13.0. The molecule has 0 unspecified atom stereocenters. The SMILES string of the molecule is Cc1cc2c(N3CCN(C)C(C)(C)C3)nc(NN)nc2s1. The average Bonchev–Trinajstić information content (AvgIpc) is 2.80. The summed E-state index contributed by atoms with van der Waals surface area (Å²) >= 11 is 1.68. The second-order valence-electron chi connectivity index (χ2n) is 6.25. The van der Waals surface area contributed by atoms with E-state index >= 15 is 0 Å². The van der Waals surface area contributed by atoms with Crippen molar-refractivity contribution in [2.45, 2.75) is 26.3 Å². The number of nitrogens with zero attached hydrogens (tertiary/aromatic N) is 4. The maximum atomic E-state index is 5.52. The molecule has 3 rings (SSSR count). The van der Waals surface area contributed by atoms with E-state index in [0.717, 1.165) is 35.7 Å². The normalized spacial score (nSPS) is 19.2. The van der Waals surface area contributed by atoms with Gasteiger partial charge in [0.2, 0.25) is 5.95 Å². The highest BCUT2D eigenvalue weighted by atomic mass is 32.1. The molecule has 0 spiro atoms. The molecular weight excluding hydrogens is 284 g/mol. The fourth-order valence-electron chi connectivity index (χ4n) is 2.75. The molecule has 1 saturated heterocycles. The lowest BCUT2D eigenvalue weighted by molar-refractivity contribution is 0.138. The van der Waals surface area contributed by atoms with Gasteiger partial charge in [-0.1, -0.05) is 0 Å². The van der Waals surface area contributed by atoms with Crippen molar-refractivity contribution in [3.63, 3.8) is 0 Å². The Balaban J connectivity index is 2.07. The molecule has 2 aromatic rings. The summed E-state index contributed by atoms with van der Waals surface area (Å²) in [4.78, 5) is 16.0. The Bertz CT molecular complexity index is 665. The van der Waals surface area contributed by atoms with Crippen LogP contribution in [-0.4, -0.2) is 47.1 Å². The van der Waals surface area contributed by atoms with E-state index in [1.165, 1.54) is 4.88 Å². The van der Waals surface area contributed by atoms with Crippen molar-refractivity contribution in [3.05, 3.63) is 10.9 Å². The fourth-order valence-corrected chi connectivity index (χ4v) is 3.63. The zero-order chi connectivity index (χ0) is 15.2. The van der Waals surface area contributed by atoms with E-state index in [1.807, 2.05) is 0 Å². The number of aryl methyl sites for hydroxylation is 1. The summed E-state index contributed by atoms with van der Waals surface area (Å²) in [6.07, 6.45) is 0. The van der Waals surface area contributed by atoms with Crippen LogP contribution in [0.2, 0.25) is 0 Å². The highest BCUT2D eigenvalue weighted by molar-refractivity contribution is 7.18. The lowest BCUT2D eigenvalue weighted by Gasteiger charge is -2.45. The number of fused-ring (bicyclic) bond motifs is 1. The zero-order valence-corrected chi connectivity index (χ0v) is 13.8. The number of anilines is 2. The lowest BCUT2D eigenvalue weighted by atomic mass is 9.99. The van der Waals surface area contributed by atoms with E-state index in [2.05, 4.69) is 59.1 Å². The number of nitrogens with two attached hydrogens (primary N) is 1. The quantitative estimate of drug-likeness (QED) is 0.651. The number of nitrogen functional groups attached to an aromatic ring is 1. The van der Waals surface area contributed by atoms with Crippen molar-refractivity contribution >= 4 is 33.3 Å². The molecule has 1 aliphatic rings. The Morgan fingerprint density at radius 3 is 2.76 bits per heavy atom. The van der Waals surface area contributed by atoms with Crippen LogP contribution in [0.3, 0.4) is 0 Å². The second kappa shape index (κ2) is 5.08. The summed E-state index contributed by atoms with van der Waals surface area (Å²) in [5, 5.41) is 1.12. The third-order valence-electron chi connectivity index (χ3n) is 4.24. The Labute approximate surface area is 128 Å². The van der Waals surface area contributed by atoms with E-state index in [4.69, 9.17) is 5.84 Å². The summed E-state index contributed by atoms with van der Waals surface area (Å²) in [7, 11) is 2.18. The van der Waals surface area contributed by atoms with Crippen LogP contribution in [0, 0.1) is 6.92 Å². The van der Waals surface area contributed by atoms with Crippen molar-refractivity contribution in [1.29, 1.82) is 0 Å². The third kappa shape index (κ3) is 2.56. The molecule has 6 nitrogen and oxygen atoms in total. The molecule has 1 aliphatic heterocycles. The molecule has 0 bridgehead atoms. The Morgan fingerprint density at radius 2 is 2.10 bits per heavy atom. The van der Waals surface area contributed by atoms with Crippen LogP contribution in [0.5, 0.6) is 0 Å². The molecule has 0 amide bonds. The van der Waals surface area contributed by atoms with Gasteiger partial charge in [-0.15, -0.1) is 11.3 Å². The minimum atomic E-state index is 0.122. The average molecular weight is 306 g/mol. The summed E-state index contributed by atoms with van der Waals surface area (Å²) in [6, 6.07) is 2.17. The molecule has 2 aromatic heterocycles. The van der Waals surface area contributed by atoms with Crippen LogP contribution in [-0.2, 0) is 0 Å². The van der Waals surface area contributed by atoms with Gasteiger partial charge in [-0.25, -0.2) is 10.8 Å². The van der Waals surface area contributed by atoms with E-state index in [-0.39, 0.29) is 5.54 Å². The van der Waals surface area contributed by atoms with Gasteiger partial charge in [0.1, 0.15) is 10.6 Å². The maximum Gasteiger partial charge on any atom is 0.240 e. The molecule has 3 heterocycles. The van der Waals surface area contributed by atoms with E-state index in [0.29, 0.717) is 5.95 Å². The van der Waals surface area contributed by atoms with Gasteiger partial charge in [0.05, 0.1) is 5.39 Å². The third-order valence-corrected chi connectivity index (χ3v) is 5.19. The maximum absolute atomic E-state index is 5.52. The lowest BCUT2D eigenvalue weighted by Crippen LogP contribution is -2.58. The summed E-state index contributed by atoms with van der Waals surface area (Å²) in [5.41, 5.74) is 2.71. The number of piperazine rings is 1. The van der Waals surface area contributed by atoms with Gasteiger partial charge < -0.3 is 4.90 Å². The number of nitrogens with one attached hydrogen (secondary N) is 1. The number of hydrogen-bond donors (Lipinski definition) is 2. The first-order valence-electron chi connectivity index (χ1n) is 7.12. The van der Waals surface area contributed by atoms with Crippen LogP contribution in [0.4, 0.5) is 11.8 Å². The van der Waals surface area contributed by atoms with Crippen molar-refractivity contribution in [1.82, 2.24) is 14.9 Å². The number of thiophene rings is 1. The summed E-state index contributed by atoms with van der Waals surface area (Å²) < 4.78 is 0. The number of likely N-dealkylation sites (N-methyl/N-ethyl adjacent to an activating group) is 1. The Morgan fingerprint density at radius 1 is 1.33 bits per heavy atom. The van der Waals surface area contributed by atoms with E-state index < -0.39 is 0 Å². The monoisotopic (exact) mass is 306 g/mol. The van der Waals surface area contributed by atoms with Crippen molar-refractivity contribution in [2.24, 2.45) is 5.84 Å². The number of hydrazine groups is 1. The van der Waals surface area contributed by atoms with Gasteiger partial charge in [0, 0.05) is 30.1 Å². The first-order chi connectivity index (χ1) is 9.90. The van der Waals surface area contributed by atoms with Crippen LogP contribution in [0.15, 0.2) is 6.07 Å². The second-order valence-corrected chi connectivity index (χ2v) is 7.48. The number of rotatable bonds is 2. The Hall–Kier alpha value is -1.44. The molecule has 0 atom stereocenters. The number of hydrogen-bond acceptors (Lipinski definition) is 7. The molecule has 0 aliphatic carbocycles. The van der Waals surface area contributed by atoms with Gasteiger partial charge in [0.15, 0.2) is 0 Å². The summed E-state index contributed by atoms with van der Waals surface area (Å²) in [5.74, 6) is 6.99. The predicted octanol–water partition coefficient (Wildman–Crippen LogP) is 1.82. The first kappa shape index (κ1) is 14.5. The highest BCUT2D eigenvalue weighted by Gasteiger charge is 2.32. The molecule has 1 fully saturated rings. The van der Waals surface area contributed by atoms with Crippen molar-refractivity contribution in [2.75, 3.05) is 37.0 Å². The van der Waals surface area contributed by atoms with Gasteiger partial charge >= 0.3 is 0 Å². The molecule has 0 saturated carbocycles. The first-order valence-corrected chi connectivity index (χ1v) is 7.93. The number of aromatic nitrogens is 2. The summed E-state index contributed by atoms with van der Waals surface area (Å²) in [6.45, 7) is 9.54. The van der Waals surface area contributed by atoms with E-state index in [1.54, 1.807) is 11.3 Å². The standard InChI is InChI=1S/C14H22N6S/c1-9-7-10-11(16-13(18-15)17-12(10)21-9)20-6-5-19(4)14(2,3)8-20/h7H,5-6,8,15H2,1-4H3,(H,16,17,18). The topological polar surface area (TPSA) is 70.3 Å². The smallest absolute Gasteiger partial charge is 0.240 e. The minimum Gasteiger partial charge on any atom is -0.353 e. The van der Waals surface area contributed by atoms with Gasteiger partial charge in [-0.05, 0) is 33.9 Å². The Kier molecular flexibility index (Phi) is 3.51. The van der Waals surface area contributed by atoms with Crippen LogP contribution in [0.1, 0.15) is 18.7 Å². The van der Waals surface area contributed by atoms with Crippen LogP contribution >= 0.6 is 11.3 Å². The minimum absolute atomic E-state index is 0.122. The van der Waals surface area contributed by atoms with E-state index in [9.17, 15) is 0 Å². The van der Waals surface area contributed by atoms with Gasteiger partial charge in [0.25, 0.3) is 0 Å². The van der Waals surface area contributed by atoms with Gasteiger partial charge in [-0.3, -0.25) is 10.3 Å². The van der Waals surface area contributed by atoms with Crippen molar-refractivity contribution in [3.8, 4) is 0 Å². The molecule has 21 heavy (non-hydrogen) atoms. The molecular formula is C14H22N6S. The predicted molar refractivity (Wildman–Crippen MR) is 88.9 cm³/mol.